The lowest BCUT2D eigenvalue weighted by molar-refractivity contribution is -0.210. The van der Waals surface area contributed by atoms with Gasteiger partial charge in [0, 0.05) is 73.5 Å². The highest BCUT2D eigenvalue weighted by atomic mass is 16.2. The molecule has 14 aliphatic rings. The monoisotopic (exact) mass is 945 g/mol. The highest BCUT2D eigenvalue weighted by Gasteiger charge is 2.70. The van der Waals surface area contributed by atoms with Crippen LogP contribution in [-0.4, -0.2) is 93.0 Å². The SMILES string of the molecule is CCCN1C(=O)C2CCC3C4CCC5C(=O)N(CCCN6C(=O)C7CCC8C9CCC%10C(=O)N(CCC)C(=O)C%11CCC(C%12CCC(C6=O)C7C8%12)C9C%10%11)C(=O)C6CCC(C7CCC(C1=O)C2C37)C4C56. The van der Waals surface area contributed by atoms with Crippen LogP contribution in [0.1, 0.15) is 136 Å². The highest BCUT2D eigenvalue weighted by molar-refractivity contribution is 6.03. The van der Waals surface area contributed by atoms with E-state index in [4.69, 9.17) is 0 Å². The van der Waals surface area contributed by atoms with Crippen molar-refractivity contribution < 1.29 is 38.4 Å². The first-order valence-corrected chi connectivity index (χ1v) is 28.9. The number of imide groups is 4. The third-order valence-corrected chi connectivity index (χ3v) is 24.5. The minimum absolute atomic E-state index is 0.0266. The van der Waals surface area contributed by atoms with Gasteiger partial charge >= 0.3 is 0 Å². The van der Waals surface area contributed by atoms with E-state index in [1.165, 1.54) is 0 Å². The van der Waals surface area contributed by atoms with Gasteiger partial charge in [-0.1, -0.05) is 13.8 Å². The molecular weight excluding hydrogens is 869 g/mol. The van der Waals surface area contributed by atoms with Crippen LogP contribution >= 0.6 is 0 Å². The zero-order valence-electron chi connectivity index (χ0n) is 41.2. The number of hydrogen-bond donors (Lipinski definition) is 0. The lowest BCUT2D eigenvalue weighted by Crippen LogP contribution is -2.68. The van der Waals surface area contributed by atoms with Crippen LogP contribution in [0.4, 0.5) is 0 Å². The second-order valence-electron chi connectivity index (χ2n) is 26.1. The quantitative estimate of drug-likeness (QED) is 0.241. The molecule has 0 N–H and O–H groups in total. The van der Waals surface area contributed by atoms with Crippen LogP contribution in [0.25, 0.3) is 0 Å². The molecular formula is C57H76N4O8. The molecule has 372 valence electrons. The van der Waals surface area contributed by atoms with Crippen LogP contribution in [0.15, 0.2) is 0 Å². The largest absolute Gasteiger partial charge is 0.282 e. The molecule has 14 fully saturated rings. The van der Waals surface area contributed by atoms with E-state index < -0.39 is 0 Å². The molecule has 10 saturated carbocycles. The molecule has 8 amide bonds. The molecule has 4 saturated heterocycles. The van der Waals surface area contributed by atoms with Crippen LogP contribution in [0.3, 0.4) is 0 Å². The number of hydrogen-bond acceptors (Lipinski definition) is 8. The van der Waals surface area contributed by atoms with E-state index in [-0.39, 0.29) is 131 Å². The van der Waals surface area contributed by atoms with E-state index in [1.54, 1.807) is 19.6 Å². The second kappa shape index (κ2) is 16.0. The Hall–Kier alpha value is -3.44. The van der Waals surface area contributed by atoms with Gasteiger partial charge in [-0.05, 0) is 217 Å². The Balaban J connectivity index is 0.654. The first-order chi connectivity index (χ1) is 33.5. The molecule has 16 atom stereocenters. The van der Waals surface area contributed by atoms with Gasteiger partial charge in [0.05, 0.1) is 0 Å². The Kier molecular flexibility index (Phi) is 10.3. The number of fused-ring (bicyclic) bond motifs is 4. The third kappa shape index (κ3) is 5.81. The summed E-state index contributed by atoms with van der Waals surface area (Å²) >= 11 is 0. The fourth-order valence-corrected chi connectivity index (χ4v) is 22.9. The number of carbonyl (C=O) groups excluding carboxylic acids is 8. The van der Waals surface area contributed by atoms with E-state index in [9.17, 15) is 38.4 Å². The van der Waals surface area contributed by atoms with Crippen LogP contribution < -0.4 is 0 Å². The van der Waals surface area contributed by atoms with Gasteiger partial charge < -0.3 is 0 Å². The fraction of sp³-hybridized carbons (Fsp3) is 0.860. The second-order valence-corrected chi connectivity index (χ2v) is 26.1. The molecule has 12 heteroatoms. The molecule has 4 heterocycles. The summed E-state index contributed by atoms with van der Waals surface area (Å²) in [6, 6.07) is 0. The number of carbonyl (C=O) groups is 8. The summed E-state index contributed by atoms with van der Waals surface area (Å²) in [7, 11) is 0. The van der Waals surface area contributed by atoms with E-state index in [1.807, 2.05) is 13.8 Å². The summed E-state index contributed by atoms with van der Waals surface area (Å²) in [5.41, 5.74) is 0. The van der Waals surface area contributed by atoms with Crippen molar-refractivity contribution in [3.8, 4) is 0 Å². The Morgan fingerprint density at radius 3 is 0.609 bits per heavy atom. The summed E-state index contributed by atoms with van der Waals surface area (Å²) in [6.45, 7) is 5.65. The predicted molar refractivity (Wildman–Crippen MR) is 250 cm³/mol. The van der Waals surface area contributed by atoms with Gasteiger partial charge in [-0.15, -0.1) is 0 Å². The van der Waals surface area contributed by atoms with Gasteiger partial charge in [0.2, 0.25) is 47.3 Å². The zero-order valence-corrected chi connectivity index (χ0v) is 41.2. The summed E-state index contributed by atoms with van der Waals surface area (Å²) < 4.78 is 0. The van der Waals surface area contributed by atoms with Crippen molar-refractivity contribution in [3.63, 3.8) is 0 Å². The van der Waals surface area contributed by atoms with Crippen LogP contribution in [0.2, 0.25) is 0 Å². The average molecular weight is 945 g/mol. The van der Waals surface area contributed by atoms with Crippen molar-refractivity contribution in [3.05, 3.63) is 0 Å². The maximum absolute atomic E-state index is 14.7. The Morgan fingerprint density at radius 1 is 0.261 bits per heavy atom. The van der Waals surface area contributed by atoms with Gasteiger partial charge in [0.1, 0.15) is 0 Å². The first kappa shape index (κ1) is 44.3. The summed E-state index contributed by atoms with van der Waals surface area (Å²) in [5, 5.41) is 0. The van der Waals surface area contributed by atoms with E-state index in [2.05, 4.69) is 0 Å². The van der Waals surface area contributed by atoms with Gasteiger partial charge in [0.15, 0.2) is 0 Å². The van der Waals surface area contributed by atoms with Crippen LogP contribution in [-0.2, 0) is 38.4 Å². The summed E-state index contributed by atoms with van der Waals surface area (Å²) in [6.07, 6.45) is 16.6. The third-order valence-electron chi connectivity index (χ3n) is 24.5. The molecule has 0 aromatic rings. The number of nitrogens with zero attached hydrogens (tertiary/aromatic N) is 4. The molecule has 0 radical (unpaired) electrons. The van der Waals surface area contributed by atoms with Crippen molar-refractivity contribution in [2.75, 3.05) is 26.2 Å². The summed E-state index contributed by atoms with van der Waals surface area (Å²) in [5.74, 6) is 4.99. The van der Waals surface area contributed by atoms with E-state index in [0.29, 0.717) is 90.5 Å². The minimum Gasteiger partial charge on any atom is -0.282 e. The maximum Gasteiger partial charge on any atom is 0.232 e. The molecule has 10 aliphatic carbocycles. The molecule has 12 nitrogen and oxygen atoms in total. The fourth-order valence-electron chi connectivity index (χ4n) is 22.9. The molecule has 0 aromatic carbocycles. The Labute approximate surface area is 407 Å². The van der Waals surface area contributed by atoms with Crippen molar-refractivity contribution in [1.29, 1.82) is 0 Å². The summed E-state index contributed by atoms with van der Waals surface area (Å²) in [4.78, 5) is 121. The van der Waals surface area contributed by atoms with Gasteiger partial charge in [0.25, 0.3) is 0 Å². The lowest BCUT2D eigenvalue weighted by Gasteiger charge is -2.67. The topological polar surface area (TPSA) is 150 Å². The highest BCUT2D eigenvalue weighted by Crippen LogP contribution is 2.71. The number of amides is 8. The first-order valence-electron chi connectivity index (χ1n) is 28.9. The van der Waals surface area contributed by atoms with Crippen molar-refractivity contribution in [1.82, 2.24) is 19.6 Å². The predicted octanol–water partition coefficient (Wildman–Crippen LogP) is 6.84. The number of likely N-dealkylation sites (tertiary alicyclic amines) is 4. The molecule has 0 aromatic heterocycles. The average Bonchev–Trinajstić information content (AvgIpc) is 3.36. The minimum atomic E-state index is -0.166. The van der Waals surface area contributed by atoms with E-state index >= 15 is 0 Å². The smallest absolute Gasteiger partial charge is 0.232 e. The van der Waals surface area contributed by atoms with Crippen LogP contribution in [0.5, 0.6) is 0 Å². The van der Waals surface area contributed by atoms with Crippen molar-refractivity contribution in [2.24, 2.45) is 142 Å². The number of rotatable bonds is 8. The van der Waals surface area contributed by atoms with Gasteiger partial charge in [-0.3, -0.25) is 58.0 Å². The molecule has 69 heavy (non-hydrogen) atoms. The molecule has 0 spiro atoms. The maximum atomic E-state index is 14.7. The van der Waals surface area contributed by atoms with Crippen molar-refractivity contribution >= 4 is 47.3 Å². The Morgan fingerprint density at radius 2 is 0.435 bits per heavy atom. The Bertz CT molecular complexity index is 1990. The standard InChI is InChI=1S/C57H76N4O8/c1-3-22-58-50(62)34-14-6-26-30-10-18-38-48-39(19-11-31(44(30)48)27-7-15-35(51(58)63)46(34)42(26)27)55(67)60(54(38)66)24-5-25-61-56(68)40-20-12-32-28-8-16-36-47-37(53(65)59(23-4-2)52(36)64)17-9-29(43(28)47)33-13-21-41(57(61)69)49(40)45(32)33/h26-49H,3-25H2,1-2H3. The van der Waals surface area contributed by atoms with E-state index in [0.717, 1.165) is 116 Å². The molecule has 14 rings (SSSR count). The molecule has 16 unspecified atom stereocenters. The normalized spacial score (nSPS) is 50.9. The van der Waals surface area contributed by atoms with Crippen LogP contribution in [0, 0.1) is 142 Å². The van der Waals surface area contributed by atoms with Gasteiger partial charge in [-0.2, -0.15) is 0 Å². The molecule has 0 bridgehead atoms. The molecule has 4 aliphatic heterocycles. The lowest BCUT2D eigenvalue weighted by atomic mass is 9.38. The van der Waals surface area contributed by atoms with Gasteiger partial charge in [-0.25, -0.2) is 0 Å². The van der Waals surface area contributed by atoms with Crippen molar-refractivity contribution in [2.45, 2.75) is 136 Å². The number of piperidine rings is 4. The zero-order chi connectivity index (χ0) is 47.0.